The van der Waals surface area contributed by atoms with Gasteiger partial charge in [0.1, 0.15) is 42.0 Å². The molecule has 1 saturated carbocycles. The van der Waals surface area contributed by atoms with Gasteiger partial charge in [-0.1, -0.05) is 17.7 Å². The van der Waals surface area contributed by atoms with Crippen molar-refractivity contribution in [3.05, 3.63) is 122 Å². The van der Waals surface area contributed by atoms with Crippen molar-refractivity contribution in [1.82, 2.24) is 44.4 Å². The lowest BCUT2D eigenvalue weighted by Crippen LogP contribution is -2.38. The smallest absolute Gasteiger partial charge is 0.293 e. The number of halogens is 7. The number of amides is 1. The van der Waals surface area contributed by atoms with Crippen molar-refractivity contribution in [2.75, 3.05) is 18.1 Å². The van der Waals surface area contributed by atoms with Gasteiger partial charge in [-0.05, 0) is 60.4 Å². The molecule has 1 fully saturated rings. The molecule has 2 aliphatic rings. The molecule has 0 spiro atoms. The fourth-order valence-electron chi connectivity index (χ4n) is 8.50. The van der Waals surface area contributed by atoms with Gasteiger partial charge in [0, 0.05) is 49.9 Å². The molecule has 0 bridgehead atoms. The van der Waals surface area contributed by atoms with Gasteiger partial charge in [-0.25, -0.2) is 40.9 Å². The number of hydrogen-bond donors (Lipinski definition) is 2. The number of nitrogens with zero attached hydrogens (tertiary/aromatic N) is 8. The zero-order valence-corrected chi connectivity index (χ0v) is 35.2. The number of carbonyl (C=O) groups excluding carboxylic acids is 1. The van der Waals surface area contributed by atoms with Crippen molar-refractivity contribution in [2.24, 2.45) is 13.0 Å². The van der Waals surface area contributed by atoms with Crippen LogP contribution in [0.5, 0.6) is 0 Å². The van der Waals surface area contributed by atoms with E-state index < -0.39 is 87.7 Å². The highest BCUT2D eigenvalue weighted by Gasteiger charge is 2.67. The number of methoxy groups -OCH3 is 1. The van der Waals surface area contributed by atoms with Crippen molar-refractivity contribution in [3.63, 3.8) is 0 Å². The molecule has 2 aliphatic carbocycles. The fourth-order valence-corrected chi connectivity index (χ4v) is 9.23. The summed E-state index contributed by atoms with van der Waals surface area (Å²) in [5, 5.41) is 10.8. The van der Waals surface area contributed by atoms with E-state index in [-0.39, 0.29) is 68.3 Å². The van der Waals surface area contributed by atoms with Crippen LogP contribution in [0.1, 0.15) is 59.0 Å². The largest absolute Gasteiger partial charge is 0.377 e. The van der Waals surface area contributed by atoms with Crippen molar-refractivity contribution in [1.29, 1.82) is 0 Å². The van der Waals surface area contributed by atoms with E-state index in [4.69, 9.17) is 21.3 Å². The molecule has 2 N–H and O–H groups in total. The van der Waals surface area contributed by atoms with Crippen LogP contribution in [-0.4, -0.2) is 66.8 Å². The van der Waals surface area contributed by atoms with Gasteiger partial charge < -0.3 is 10.1 Å². The summed E-state index contributed by atoms with van der Waals surface area (Å²) in [5.74, 6) is -8.77. The standard InChI is InChI=1S/C41H33ClF6N10O5S/c1-56-35-29(7-6-25(42)33(35)38(54-56)55-64(3,61)62)58-39(52-27-13-19(4-5-22(27)40(58)60)26-8-9-49-30(50-26)17-63-2)28(12-18-10-20(43)14-21(44)11-18)51-31(59)16-57-36-32(34(53-57)37(45)46)23-15-24(23)41(36,47)48/h4-11,13-14,23-24,28,37H,12,15-17H2,1-3H3,(H,51,59)(H,54,55)/t23-,24+,28-/m0/s1. The maximum absolute atomic E-state index is 15.6. The minimum absolute atomic E-state index is 0.00412. The molecule has 15 nitrogen and oxygen atoms in total. The molecule has 0 aliphatic heterocycles. The number of aryl methyl sites for hydroxylation is 1. The molecule has 332 valence electrons. The Kier molecular flexibility index (Phi) is 10.5. The first-order valence-corrected chi connectivity index (χ1v) is 21.6. The van der Waals surface area contributed by atoms with E-state index in [2.05, 4.69) is 30.2 Å². The first kappa shape index (κ1) is 42.9. The Morgan fingerprint density at radius 2 is 1.80 bits per heavy atom. The third kappa shape index (κ3) is 7.61. The molecule has 7 aromatic rings. The summed E-state index contributed by atoms with van der Waals surface area (Å²) in [7, 11) is -1.00. The topological polar surface area (TPSA) is 181 Å². The Morgan fingerprint density at radius 1 is 1.05 bits per heavy atom. The maximum Gasteiger partial charge on any atom is 0.293 e. The zero-order valence-electron chi connectivity index (χ0n) is 33.6. The van der Waals surface area contributed by atoms with Crippen LogP contribution >= 0.6 is 11.6 Å². The van der Waals surface area contributed by atoms with E-state index in [0.29, 0.717) is 27.8 Å². The lowest BCUT2D eigenvalue weighted by atomic mass is 10.0. The predicted molar refractivity (Wildman–Crippen MR) is 220 cm³/mol. The number of anilines is 1. The Hall–Kier alpha value is -6.39. The van der Waals surface area contributed by atoms with E-state index in [9.17, 15) is 30.8 Å². The maximum atomic E-state index is 15.6. The molecule has 1 amide bonds. The number of hydrogen-bond acceptors (Lipinski definition) is 10. The zero-order chi connectivity index (χ0) is 45.6. The number of sulfonamides is 1. The second-order valence-corrected chi connectivity index (χ2v) is 17.7. The molecule has 4 heterocycles. The molecular formula is C41H33ClF6N10O5S. The van der Waals surface area contributed by atoms with Crippen LogP contribution in [-0.2, 0) is 52.1 Å². The quantitative estimate of drug-likeness (QED) is 0.119. The lowest BCUT2D eigenvalue weighted by molar-refractivity contribution is -0.123. The Labute approximate surface area is 363 Å². The molecule has 0 radical (unpaired) electrons. The van der Waals surface area contributed by atoms with Crippen molar-refractivity contribution in [3.8, 4) is 16.9 Å². The van der Waals surface area contributed by atoms with Gasteiger partial charge in [-0.3, -0.25) is 28.2 Å². The van der Waals surface area contributed by atoms with Crippen molar-refractivity contribution in [2.45, 2.75) is 50.3 Å². The minimum Gasteiger partial charge on any atom is -0.377 e. The van der Waals surface area contributed by atoms with E-state index in [1.807, 2.05) is 0 Å². The van der Waals surface area contributed by atoms with Gasteiger partial charge in [-0.2, -0.15) is 19.0 Å². The average molecular weight is 927 g/mol. The molecule has 64 heavy (non-hydrogen) atoms. The van der Waals surface area contributed by atoms with E-state index in [0.717, 1.165) is 23.0 Å². The molecule has 9 rings (SSSR count). The summed E-state index contributed by atoms with van der Waals surface area (Å²) in [5.41, 5.74) is -1.72. The molecule has 3 aromatic carbocycles. The summed E-state index contributed by atoms with van der Waals surface area (Å²) in [6.45, 7) is -0.907. The van der Waals surface area contributed by atoms with E-state index in [1.54, 1.807) is 12.1 Å². The number of alkyl halides is 4. The summed E-state index contributed by atoms with van der Waals surface area (Å²) in [4.78, 5) is 42.8. The summed E-state index contributed by atoms with van der Waals surface area (Å²) < 4.78 is 124. The van der Waals surface area contributed by atoms with Gasteiger partial charge in [-0.15, -0.1) is 0 Å². The highest BCUT2D eigenvalue weighted by atomic mass is 35.5. The summed E-state index contributed by atoms with van der Waals surface area (Å²) in [6, 6.07) is 10.0. The van der Waals surface area contributed by atoms with Crippen LogP contribution in [0.3, 0.4) is 0 Å². The molecule has 0 saturated heterocycles. The first-order chi connectivity index (χ1) is 30.3. The number of benzene rings is 3. The Balaban J connectivity index is 1.26. The number of ether oxygens (including phenoxy) is 1. The van der Waals surface area contributed by atoms with Gasteiger partial charge >= 0.3 is 0 Å². The monoisotopic (exact) mass is 926 g/mol. The van der Waals surface area contributed by atoms with Gasteiger partial charge in [0.05, 0.1) is 50.5 Å². The number of rotatable bonds is 13. The minimum atomic E-state index is -3.92. The van der Waals surface area contributed by atoms with Crippen LogP contribution < -0.4 is 15.6 Å². The van der Waals surface area contributed by atoms with Crippen molar-refractivity contribution < 1.29 is 44.3 Å². The molecule has 0 unspecified atom stereocenters. The molecule has 3 atom stereocenters. The number of fused-ring (bicyclic) bond motifs is 5. The first-order valence-electron chi connectivity index (χ1n) is 19.4. The van der Waals surface area contributed by atoms with Gasteiger partial charge in [0.2, 0.25) is 15.9 Å². The Bertz CT molecular complexity index is 3230. The van der Waals surface area contributed by atoms with Crippen LogP contribution in [0.15, 0.2) is 65.6 Å². The summed E-state index contributed by atoms with van der Waals surface area (Å²) in [6.07, 6.45) is -1.30. The second-order valence-electron chi connectivity index (χ2n) is 15.5. The third-order valence-electron chi connectivity index (χ3n) is 11.1. The number of aromatic nitrogens is 8. The van der Waals surface area contributed by atoms with Crippen LogP contribution in [0, 0.1) is 17.6 Å². The molecular weight excluding hydrogens is 894 g/mol. The normalized spacial score (nSPS) is 16.9. The van der Waals surface area contributed by atoms with Gasteiger partial charge in [0.25, 0.3) is 17.9 Å². The van der Waals surface area contributed by atoms with E-state index >= 15 is 13.6 Å². The molecule has 4 aromatic heterocycles. The van der Waals surface area contributed by atoms with Crippen molar-refractivity contribution >= 4 is 55.2 Å². The van der Waals surface area contributed by atoms with E-state index in [1.165, 1.54) is 49.3 Å². The SMILES string of the molecule is COCc1nccc(-c2ccc3c(=O)n(-c4ccc(Cl)c5c(NS(C)(=O)=O)nn(C)c45)c([C@H](Cc4cc(F)cc(F)c4)NC(=O)Cn4nc(C(F)F)c5c4C(F)(F)[C@@H]4C[C@H]54)nc3c2)n1. The summed E-state index contributed by atoms with van der Waals surface area (Å²) >= 11 is 6.64. The van der Waals surface area contributed by atoms with Crippen LogP contribution in [0.25, 0.3) is 38.8 Å². The lowest BCUT2D eigenvalue weighted by Gasteiger charge is -2.24. The highest BCUT2D eigenvalue weighted by molar-refractivity contribution is 7.92. The second kappa shape index (κ2) is 15.7. The number of nitrogens with one attached hydrogen (secondary N) is 2. The Morgan fingerprint density at radius 3 is 2.50 bits per heavy atom. The third-order valence-corrected chi connectivity index (χ3v) is 12.0. The van der Waals surface area contributed by atoms with Crippen LogP contribution in [0.4, 0.5) is 32.2 Å². The predicted octanol–water partition coefficient (Wildman–Crippen LogP) is 6.62. The highest BCUT2D eigenvalue weighted by Crippen LogP contribution is 2.68. The van der Waals surface area contributed by atoms with Gasteiger partial charge in [0.15, 0.2) is 11.6 Å². The fraction of sp³-hybridized carbons (Fsp3) is 0.293. The van der Waals surface area contributed by atoms with Crippen LogP contribution in [0.2, 0.25) is 5.02 Å². The number of carbonyl (C=O) groups is 1. The molecule has 23 heteroatoms. The average Bonchev–Trinajstić information content (AvgIpc) is 3.76.